The minimum atomic E-state index is -0.735. The molecule has 7 heteroatoms. The van der Waals surface area contributed by atoms with Crippen LogP contribution < -0.4 is 9.57 Å². The summed E-state index contributed by atoms with van der Waals surface area (Å²) in [5, 5.41) is 5.29. The summed E-state index contributed by atoms with van der Waals surface area (Å²) in [6.07, 6.45) is 0.377. The van der Waals surface area contributed by atoms with Crippen molar-refractivity contribution in [1.29, 1.82) is 0 Å². The van der Waals surface area contributed by atoms with E-state index in [2.05, 4.69) is 11.4 Å². The number of amides is 1. The molecule has 31 heavy (non-hydrogen) atoms. The van der Waals surface area contributed by atoms with Crippen LogP contribution in [0.4, 0.5) is 0 Å². The molecule has 0 saturated carbocycles. The Labute approximate surface area is 190 Å². The maximum absolute atomic E-state index is 13.2. The van der Waals surface area contributed by atoms with Crippen LogP contribution in [-0.2, 0) is 21.8 Å². The Morgan fingerprint density at radius 1 is 1.03 bits per heavy atom. The Morgan fingerprint density at radius 2 is 1.81 bits per heavy atom. The summed E-state index contributed by atoms with van der Waals surface area (Å²) in [5.74, 6) is 1.70. The molecule has 2 aromatic carbocycles. The molecule has 162 valence electrons. The number of thioether (sulfide) groups is 1. The van der Waals surface area contributed by atoms with E-state index in [-0.39, 0.29) is 11.7 Å². The lowest BCUT2D eigenvalue weighted by molar-refractivity contribution is -0.167. The number of carbonyl (C=O) groups excluding carboxylic acids is 2. The van der Waals surface area contributed by atoms with E-state index < -0.39 is 6.04 Å². The molecule has 1 amide bonds. The predicted molar refractivity (Wildman–Crippen MR) is 126 cm³/mol. The molecule has 0 N–H and O–H groups in total. The number of thiophene rings is 1. The van der Waals surface area contributed by atoms with Gasteiger partial charge in [0.05, 0.1) is 12.9 Å². The highest BCUT2D eigenvalue weighted by atomic mass is 32.2. The fraction of sp³-hybridized carbons (Fsp3) is 0.250. The molecule has 3 aromatic rings. The first-order valence-electron chi connectivity index (χ1n) is 9.84. The molecule has 1 aromatic heterocycles. The molecule has 0 aliphatic heterocycles. The third-order valence-corrected chi connectivity index (χ3v) is 6.33. The van der Waals surface area contributed by atoms with Crippen molar-refractivity contribution >= 4 is 34.8 Å². The number of ether oxygens (including phenoxy) is 1. The number of ketones is 1. The molecule has 0 spiro atoms. The minimum absolute atomic E-state index is 0.0535. The normalized spacial score (nSPS) is 11.5. The van der Waals surface area contributed by atoms with Gasteiger partial charge in [-0.25, -0.2) is 0 Å². The van der Waals surface area contributed by atoms with Crippen LogP contribution in [0.2, 0.25) is 0 Å². The van der Waals surface area contributed by atoms with Crippen LogP contribution in [0.3, 0.4) is 0 Å². The molecule has 1 heterocycles. The molecule has 0 aliphatic carbocycles. The first kappa shape index (κ1) is 22.9. The van der Waals surface area contributed by atoms with Crippen molar-refractivity contribution in [2.45, 2.75) is 25.1 Å². The average Bonchev–Trinajstić information content (AvgIpc) is 3.30. The fourth-order valence-corrected chi connectivity index (χ4v) is 4.71. The van der Waals surface area contributed by atoms with Crippen LogP contribution in [0.15, 0.2) is 71.4 Å². The summed E-state index contributed by atoms with van der Waals surface area (Å²) in [6, 6.07) is 18.0. The van der Waals surface area contributed by atoms with Crippen LogP contribution in [-0.4, -0.2) is 35.7 Å². The third-order valence-electron chi connectivity index (χ3n) is 4.58. The molecular weight excluding hydrogens is 430 g/mol. The van der Waals surface area contributed by atoms with Gasteiger partial charge in [0.2, 0.25) is 0 Å². The monoisotopic (exact) mass is 455 g/mol. The highest BCUT2D eigenvalue weighted by Crippen LogP contribution is 2.23. The van der Waals surface area contributed by atoms with Crippen molar-refractivity contribution in [2.24, 2.45) is 0 Å². The SMILES string of the molecule is COc1cccc(ON(C(C)=O)[C@@H](Cc2ccccc2)C(=O)CSCc2ccsc2)c1. The van der Waals surface area contributed by atoms with Gasteiger partial charge in [-0.05, 0) is 40.1 Å². The summed E-state index contributed by atoms with van der Waals surface area (Å²) in [5.41, 5.74) is 2.16. The van der Waals surface area contributed by atoms with Gasteiger partial charge in [-0.1, -0.05) is 36.4 Å². The van der Waals surface area contributed by atoms with Crippen molar-refractivity contribution in [3.8, 4) is 11.5 Å². The summed E-state index contributed by atoms with van der Waals surface area (Å²) < 4.78 is 5.24. The summed E-state index contributed by atoms with van der Waals surface area (Å²) >= 11 is 3.18. The van der Waals surface area contributed by atoms with Gasteiger partial charge < -0.3 is 9.57 Å². The molecule has 0 unspecified atom stereocenters. The Hall–Kier alpha value is -2.77. The van der Waals surface area contributed by atoms with Crippen molar-refractivity contribution in [2.75, 3.05) is 12.9 Å². The average molecular weight is 456 g/mol. The quantitative estimate of drug-likeness (QED) is 0.380. The molecule has 0 saturated heterocycles. The first-order chi connectivity index (χ1) is 15.1. The summed E-state index contributed by atoms with van der Waals surface area (Å²) in [4.78, 5) is 31.6. The maximum Gasteiger partial charge on any atom is 0.252 e. The molecular formula is C24H25NO4S2. The van der Waals surface area contributed by atoms with E-state index in [1.165, 1.54) is 17.6 Å². The van der Waals surface area contributed by atoms with E-state index in [9.17, 15) is 9.59 Å². The number of hydroxylamine groups is 2. The number of Topliss-reactive ketones (excluding diaryl/α,β-unsaturated/α-hetero) is 1. The second-order valence-corrected chi connectivity index (χ2v) is 8.68. The summed E-state index contributed by atoms with van der Waals surface area (Å²) in [6.45, 7) is 1.41. The largest absolute Gasteiger partial charge is 0.497 e. The fourth-order valence-electron chi connectivity index (χ4n) is 3.02. The molecule has 0 bridgehead atoms. The van der Waals surface area contributed by atoms with Gasteiger partial charge in [-0.3, -0.25) is 9.59 Å². The lowest BCUT2D eigenvalue weighted by Gasteiger charge is -2.29. The molecule has 0 aliphatic rings. The number of rotatable bonds is 11. The van der Waals surface area contributed by atoms with E-state index >= 15 is 0 Å². The predicted octanol–water partition coefficient (Wildman–Crippen LogP) is 5.01. The maximum atomic E-state index is 13.2. The number of benzene rings is 2. The lowest BCUT2D eigenvalue weighted by Crippen LogP contribution is -2.48. The zero-order valence-corrected chi connectivity index (χ0v) is 19.2. The zero-order chi connectivity index (χ0) is 22.1. The van der Waals surface area contributed by atoms with Gasteiger partial charge in [0.25, 0.3) is 5.91 Å². The van der Waals surface area contributed by atoms with Crippen molar-refractivity contribution in [3.63, 3.8) is 0 Å². The Balaban J connectivity index is 1.78. The van der Waals surface area contributed by atoms with Crippen molar-refractivity contribution in [3.05, 3.63) is 82.6 Å². The first-order valence-corrected chi connectivity index (χ1v) is 11.9. The van der Waals surface area contributed by atoms with Crippen LogP contribution in [0, 0.1) is 0 Å². The van der Waals surface area contributed by atoms with Crippen molar-refractivity contribution in [1.82, 2.24) is 5.06 Å². The standard InChI is InChI=1S/C24H25NO4S2/c1-18(26)25(29-22-10-6-9-21(14-22)28-2)23(13-19-7-4-3-5-8-19)24(27)17-31-16-20-11-12-30-15-20/h3-12,14-15,23H,13,16-17H2,1-2H3/t23-/m0/s1. The van der Waals surface area contributed by atoms with E-state index in [1.807, 2.05) is 35.7 Å². The van der Waals surface area contributed by atoms with E-state index in [0.29, 0.717) is 23.7 Å². The van der Waals surface area contributed by atoms with Gasteiger partial charge in [-0.2, -0.15) is 16.4 Å². The van der Waals surface area contributed by atoms with Crippen molar-refractivity contribution < 1.29 is 19.2 Å². The second-order valence-electron chi connectivity index (χ2n) is 6.91. The summed E-state index contributed by atoms with van der Waals surface area (Å²) in [7, 11) is 1.56. The van der Waals surface area contributed by atoms with Gasteiger partial charge in [0.15, 0.2) is 11.5 Å². The highest BCUT2D eigenvalue weighted by molar-refractivity contribution is 7.99. The van der Waals surface area contributed by atoms with Gasteiger partial charge >= 0.3 is 0 Å². The lowest BCUT2D eigenvalue weighted by atomic mass is 10.0. The number of nitrogens with zero attached hydrogens (tertiary/aromatic N) is 1. The Bertz CT molecular complexity index is 976. The molecule has 3 rings (SSSR count). The number of hydrogen-bond donors (Lipinski definition) is 0. The molecule has 1 atom stereocenters. The Morgan fingerprint density at radius 3 is 2.48 bits per heavy atom. The van der Waals surface area contributed by atoms with Gasteiger partial charge in [0, 0.05) is 25.2 Å². The van der Waals surface area contributed by atoms with E-state index in [0.717, 1.165) is 11.3 Å². The number of carbonyl (C=O) groups is 2. The molecule has 5 nitrogen and oxygen atoms in total. The molecule has 0 radical (unpaired) electrons. The molecule has 0 fully saturated rings. The van der Waals surface area contributed by atoms with Crippen LogP contribution in [0.25, 0.3) is 0 Å². The highest BCUT2D eigenvalue weighted by Gasteiger charge is 2.30. The van der Waals surface area contributed by atoms with Gasteiger partial charge in [0.1, 0.15) is 11.8 Å². The van der Waals surface area contributed by atoms with E-state index in [1.54, 1.807) is 54.5 Å². The van der Waals surface area contributed by atoms with Crippen LogP contribution in [0.1, 0.15) is 18.1 Å². The third kappa shape index (κ3) is 6.87. The Kier molecular flexibility index (Phi) is 8.55. The van der Waals surface area contributed by atoms with Crippen LogP contribution in [0.5, 0.6) is 11.5 Å². The van der Waals surface area contributed by atoms with E-state index in [4.69, 9.17) is 9.57 Å². The second kappa shape index (κ2) is 11.6. The smallest absolute Gasteiger partial charge is 0.252 e. The topological polar surface area (TPSA) is 55.8 Å². The van der Waals surface area contributed by atoms with Gasteiger partial charge in [-0.15, -0.1) is 11.8 Å². The van der Waals surface area contributed by atoms with Crippen LogP contribution >= 0.6 is 23.1 Å². The number of hydrogen-bond acceptors (Lipinski definition) is 6. The minimum Gasteiger partial charge on any atom is -0.497 e. The zero-order valence-electron chi connectivity index (χ0n) is 17.5. The number of methoxy groups -OCH3 is 1.